The van der Waals surface area contributed by atoms with Crippen molar-refractivity contribution in [3.05, 3.63) is 0 Å². The second kappa shape index (κ2) is 8.88. The molecule has 0 heterocycles. The van der Waals surface area contributed by atoms with Crippen LogP contribution in [0.15, 0.2) is 0 Å². The van der Waals surface area contributed by atoms with E-state index in [1.165, 1.54) is 0 Å². The van der Waals surface area contributed by atoms with Crippen molar-refractivity contribution < 1.29 is 0 Å². The number of nitrogens with one attached hydrogen (secondary N) is 1. The maximum atomic E-state index is 2.75. The van der Waals surface area contributed by atoms with E-state index in [0.29, 0.717) is 0 Å². The van der Waals surface area contributed by atoms with E-state index in [9.17, 15) is 0 Å². The first-order valence-corrected chi connectivity index (χ1v) is 1.00. The van der Waals surface area contributed by atoms with Crippen LogP contribution in [-0.4, -0.2) is 51.8 Å². The minimum absolute atomic E-state index is 0. The second-order valence-corrected chi connectivity index (χ2v) is 0.500. The molecule has 1 N–H and O–H groups in total. The summed E-state index contributed by atoms with van der Waals surface area (Å²) in [5.74, 6) is 0. The zero-order valence-corrected chi connectivity index (χ0v) is 2.50. The van der Waals surface area contributed by atoms with E-state index in [1.54, 1.807) is 0 Å². The Morgan fingerprint density at radius 3 is 1.25 bits per heavy atom. The van der Waals surface area contributed by atoms with Crippen LogP contribution in [-0.2, 0) is 0 Å². The van der Waals surface area contributed by atoms with Gasteiger partial charge in [0.15, 0.2) is 0 Å². The van der Waals surface area contributed by atoms with Crippen LogP contribution in [0.2, 0.25) is 0 Å². The van der Waals surface area contributed by atoms with Gasteiger partial charge in [0.25, 0.3) is 0 Å². The summed E-state index contributed by atoms with van der Waals surface area (Å²) in [6.45, 7) is 0. The van der Waals surface area contributed by atoms with Crippen LogP contribution in [0.4, 0.5) is 0 Å². The van der Waals surface area contributed by atoms with Crippen LogP contribution in [0.3, 0.4) is 0 Å². The van der Waals surface area contributed by atoms with Crippen molar-refractivity contribution in [2.75, 3.05) is 14.1 Å². The third-order valence-electron chi connectivity index (χ3n) is 0. The molecule has 0 fully saturated rings. The number of hydrogen-bond acceptors (Lipinski definition) is 1. The van der Waals surface area contributed by atoms with Gasteiger partial charge >= 0.3 is 37.7 Å². The molecule has 0 saturated carbocycles. The summed E-state index contributed by atoms with van der Waals surface area (Å²) in [5, 5.41) is 2.75. The first kappa shape index (κ1) is 8.97. The molecule has 0 atom stereocenters. The molecular formula is C2H9CaN. The fraction of sp³-hybridized carbons (Fsp3) is 1.00. The molecule has 0 unspecified atom stereocenters. The quantitative estimate of drug-likeness (QED) is 0.371. The van der Waals surface area contributed by atoms with Crippen molar-refractivity contribution in [1.82, 2.24) is 5.32 Å². The summed E-state index contributed by atoms with van der Waals surface area (Å²) in [6, 6.07) is 0. The van der Waals surface area contributed by atoms with Gasteiger partial charge in [-0.15, -0.1) is 0 Å². The van der Waals surface area contributed by atoms with Crippen LogP contribution >= 0.6 is 0 Å². The molecule has 0 aromatic carbocycles. The van der Waals surface area contributed by atoms with E-state index >= 15 is 0 Å². The molecule has 0 spiro atoms. The predicted molar refractivity (Wildman–Crippen MR) is 23.5 cm³/mol. The van der Waals surface area contributed by atoms with Gasteiger partial charge < -0.3 is 5.32 Å². The molecule has 0 aromatic heterocycles. The molecule has 2 heteroatoms. The van der Waals surface area contributed by atoms with Crippen molar-refractivity contribution in [2.45, 2.75) is 0 Å². The molecule has 0 amide bonds. The van der Waals surface area contributed by atoms with Gasteiger partial charge in [-0.2, -0.15) is 0 Å². The average Bonchev–Trinajstić information content (AvgIpc) is 0.918. The van der Waals surface area contributed by atoms with E-state index < -0.39 is 0 Å². The molecule has 0 aliphatic heterocycles. The molecule has 24 valence electrons. The summed E-state index contributed by atoms with van der Waals surface area (Å²) >= 11 is 0. The molecular weight excluding hydrogens is 78.1 g/mol. The molecule has 1 nitrogen and oxygen atoms in total. The molecule has 0 rings (SSSR count). The van der Waals surface area contributed by atoms with Crippen molar-refractivity contribution in [3.63, 3.8) is 0 Å². The molecule has 0 radical (unpaired) electrons. The van der Waals surface area contributed by atoms with Crippen LogP contribution in [0.1, 0.15) is 0 Å². The van der Waals surface area contributed by atoms with Crippen molar-refractivity contribution in [2.24, 2.45) is 0 Å². The van der Waals surface area contributed by atoms with Crippen LogP contribution in [0.25, 0.3) is 0 Å². The van der Waals surface area contributed by atoms with Gasteiger partial charge in [-0.1, -0.05) is 0 Å². The van der Waals surface area contributed by atoms with Gasteiger partial charge in [-0.05, 0) is 14.1 Å². The molecule has 0 aliphatic carbocycles. The monoisotopic (exact) mass is 87.0 g/mol. The summed E-state index contributed by atoms with van der Waals surface area (Å²) in [7, 11) is 3.75. The Kier molecular flexibility index (Phi) is 19.9. The number of hydrogen-bond donors (Lipinski definition) is 1. The van der Waals surface area contributed by atoms with Gasteiger partial charge in [0.2, 0.25) is 0 Å². The third kappa shape index (κ3) is 10.7. The van der Waals surface area contributed by atoms with Gasteiger partial charge in [-0.25, -0.2) is 0 Å². The fourth-order valence-electron chi connectivity index (χ4n) is 0. The normalized spacial score (nSPS) is 4.50. The molecule has 4 heavy (non-hydrogen) atoms. The Labute approximate surface area is 56.8 Å². The molecule has 0 saturated heterocycles. The molecule has 0 aliphatic rings. The van der Waals surface area contributed by atoms with Crippen molar-refractivity contribution in [1.29, 1.82) is 0 Å². The second-order valence-electron chi connectivity index (χ2n) is 0.500. The molecule has 0 aromatic rings. The Hall–Kier alpha value is 1.22. The fourth-order valence-corrected chi connectivity index (χ4v) is 0. The molecule has 0 bridgehead atoms. The third-order valence-corrected chi connectivity index (χ3v) is 0. The topological polar surface area (TPSA) is 12.0 Å². The average molecular weight is 87.2 g/mol. The van der Waals surface area contributed by atoms with Crippen LogP contribution < -0.4 is 5.32 Å². The van der Waals surface area contributed by atoms with Gasteiger partial charge in [0.05, 0.1) is 0 Å². The summed E-state index contributed by atoms with van der Waals surface area (Å²) in [5.41, 5.74) is 0. The van der Waals surface area contributed by atoms with E-state index in [4.69, 9.17) is 0 Å². The zero-order valence-electron chi connectivity index (χ0n) is 2.50. The maximum absolute atomic E-state index is 2.75. The van der Waals surface area contributed by atoms with E-state index in [-0.39, 0.29) is 37.7 Å². The predicted octanol–water partition coefficient (Wildman–Crippen LogP) is -1.08. The Balaban J connectivity index is 0. The summed E-state index contributed by atoms with van der Waals surface area (Å²) < 4.78 is 0. The zero-order chi connectivity index (χ0) is 2.71. The van der Waals surface area contributed by atoms with E-state index in [0.717, 1.165) is 0 Å². The van der Waals surface area contributed by atoms with E-state index in [1.807, 2.05) is 14.1 Å². The minimum atomic E-state index is 0. The van der Waals surface area contributed by atoms with Gasteiger partial charge in [0.1, 0.15) is 0 Å². The van der Waals surface area contributed by atoms with Crippen molar-refractivity contribution >= 4 is 37.7 Å². The first-order valence-electron chi connectivity index (χ1n) is 1.00. The van der Waals surface area contributed by atoms with Gasteiger partial charge in [0, 0.05) is 0 Å². The van der Waals surface area contributed by atoms with Crippen LogP contribution in [0, 0.1) is 0 Å². The SMILES string of the molecule is CNC.[CaH2]. The Morgan fingerprint density at radius 1 is 1.25 bits per heavy atom. The standard InChI is InChI=1S/C2H7N.Ca.2H/c1-3-2;;;/h3H,1-2H3;;;. The van der Waals surface area contributed by atoms with E-state index in [2.05, 4.69) is 5.32 Å². The number of rotatable bonds is 0. The summed E-state index contributed by atoms with van der Waals surface area (Å²) in [4.78, 5) is 0. The first-order chi connectivity index (χ1) is 1.41. The Morgan fingerprint density at radius 2 is 1.25 bits per heavy atom. The Bertz CT molecular complexity index is 6.00. The van der Waals surface area contributed by atoms with Crippen LogP contribution in [0.5, 0.6) is 0 Å². The summed E-state index contributed by atoms with van der Waals surface area (Å²) in [6.07, 6.45) is 0. The van der Waals surface area contributed by atoms with Gasteiger partial charge in [-0.3, -0.25) is 0 Å². The van der Waals surface area contributed by atoms with Crippen molar-refractivity contribution in [3.8, 4) is 0 Å².